The fourth-order valence-electron chi connectivity index (χ4n) is 2.86. The van der Waals surface area contributed by atoms with Crippen molar-refractivity contribution in [2.75, 3.05) is 5.32 Å². The van der Waals surface area contributed by atoms with Crippen LogP contribution in [0.4, 0.5) is 10.1 Å². The summed E-state index contributed by atoms with van der Waals surface area (Å²) in [4.78, 5) is 24.8. The molecule has 0 radical (unpaired) electrons. The van der Waals surface area contributed by atoms with Gasteiger partial charge in [-0.15, -0.1) is 0 Å². The molecule has 1 amide bonds. The fraction of sp³-hybridized carbons (Fsp3) is 0.200. The highest BCUT2D eigenvalue weighted by molar-refractivity contribution is 6.02. The van der Waals surface area contributed by atoms with E-state index < -0.39 is 11.9 Å². The van der Waals surface area contributed by atoms with Gasteiger partial charge in [0.05, 0.1) is 19.1 Å². The van der Waals surface area contributed by atoms with Crippen molar-refractivity contribution in [2.24, 2.45) is 0 Å². The molecule has 3 rings (SSSR count). The molecule has 1 heterocycles. The second-order valence-electron chi connectivity index (χ2n) is 6.21. The SMILES string of the molecule is CC(O)Cn1ccc2c(NC(=O)Cc3ccccc3F)cccc2c1=O. The van der Waals surface area contributed by atoms with Crippen LogP contribution in [-0.4, -0.2) is 21.7 Å². The Hall–Kier alpha value is -2.99. The molecular weight excluding hydrogens is 335 g/mol. The number of aliphatic hydroxyl groups is 1. The van der Waals surface area contributed by atoms with E-state index in [4.69, 9.17) is 0 Å². The van der Waals surface area contributed by atoms with E-state index in [0.29, 0.717) is 22.0 Å². The molecule has 1 aromatic heterocycles. The number of aliphatic hydroxyl groups excluding tert-OH is 1. The summed E-state index contributed by atoms with van der Waals surface area (Å²) in [6, 6.07) is 12.9. The van der Waals surface area contributed by atoms with E-state index in [1.807, 2.05) is 0 Å². The number of pyridine rings is 1. The zero-order chi connectivity index (χ0) is 18.7. The van der Waals surface area contributed by atoms with Crippen LogP contribution in [0.15, 0.2) is 59.5 Å². The lowest BCUT2D eigenvalue weighted by Crippen LogP contribution is -2.25. The number of anilines is 1. The maximum Gasteiger partial charge on any atom is 0.258 e. The number of carbonyl (C=O) groups excluding carboxylic acids is 1. The van der Waals surface area contributed by atoms with Crippen molar-refractivity contribution in [1.82, 2.24) is 4.57 Å². The van der Waals surface area contributed by atoms with E-state index >= 15 is 0 Å². The van der Waals surface area contributed by atoms with Crippen LogP contribution in [0.2, 0.25) is 0 Å². The summed E-state index contributed by atoms with van der Waals surface area (Å²) in [5.74, 6) is -0.794. The van der Waals surface area contributed by atoms with Crippen molar-refractivity contribution in [1.29, 1.82) is 0 Å². The Morgan fingerprint density at radius 2 is 1.92 bits per heavy atom. The van der Waals surface area contributed by atoms with Gasteiger partial charge in [0, 0.05) is 22.7 Å². The smallest absolute Gasteiger partial charge is 0.258 e. The van der Waals surface area contributed by atoms with Gasteiger partial charge in [0.25, 0.3) is 5.56 Å². The molecule has 0 bridgehead atoms. The van der Waals surface area contributed by atoms with Crippen molar-refractivity contribution in [3.8, 4) is 0 Å². The molecule has 2 aromatic carbocycles. The van der Waals surface area contributed by atoms with Crippen molar-refractivity contribution in [3.63, 3.8) is 0 Å². The van der Waals surface area contributed by atoms with Crippen molar-refractivity contribution >= 4 is 22.4 Å². The van der Waals surface area contributed by atoms with Crippen LogP contribution in [0.25, 0.3) is 10.8 Å². The lowest BCUT2D eigenvalue weighted by molar-refractivity contribution is -0.115. The van der Waals surface area contributed by atoms with Gasteiger partial charge >= 0.3 is 0 Å². The van der Waals surface area contributed by atoms with Crippen LogP contribution in [0.3, 0.4) is 0 Å². The van der Waals surface area contributed by atoms with E-state index in [9.17, 15) is 19.1 Å². The van der Waals surface area contributed by atoms with Crippen LogP contribution in [0.1, 0.15) is 12.5 Å². The third-order valence-electron chi connectivity index (χ3n) is 4.06. The lowest BCUT2D eigenvalue weighted by Gasteiger charge is -2.12. The Morgan fingerprint density at radius 1 is 1.15 bits per heavy atom. The summed E-state index contributed by atoms with van der Waals surface area (Å²) in [6.45, 7) is 1.80. The summed E-state index contributed by atoms with van der Waals surface area (Å²) in [7, 11) is 0. The molecule has 0 fully saturated rings. The molecule has 1 unspecified atom stereocenters. The molecular formula is C20H19FN2O3. The monoisotopic (exact) mass is 354 g/mol. The average Bonchev–Trinajstić information content (AvgIpc) is 2.59. The van der Waals surface area contributed by atoms with E-state index in [-0.39, 0.29) is 24.4 Å². The molecule has 0 aliphatic heterocycles. The number of fused-ring (bicyclic) bond motifs is 1. The molecule has 3 aromatic rings. The molecule has 0 aliphatic rings. The Bertz CT molecular complexity index is 1010. The predicted molar refractivity (Wildman–Crippen MR) is 98.6 cm³/mol. The Balaban J connectivity index is 1.89. The van der Waals surface area contributed by atoms with Gasteiger partial charge in [-0.2, -0.15) is 0 Å². The first kappa shape index (κ1) is 17.8. The first-order chi connectivity index (χ1) is 12.5. The van der Waals surface area contributed by atoms with Gasteiger partial charge in [0.2, 0.25) is 5.91 Å². The highest BCUT2D eigenvalue weighted by Crippen LogP contribution is 2.21. The first-order valence-electron chi connectivity index (χ1n) is 8.29. The molecule has 1 atom stereocenters. The van der Waals surface area contributed by atoms with E-state index in [1.54, 1.807) is 55.6 Å². The number of carbonyl (C=O) groups is 1. The Labute approximate surface area is 149 Å². The number of amides is 1. The van der Waals surface area contributed by atoms with Crippen molar-refractivity contribution in [3.05, 3.63) is 76.5 Å². The number of hydrogen-bond donors (Lipinski definition) is 2. The quantitative estimate of drug-likeness (QED) is 0.740. The number of aromatic nitrogens is 1. The zero-order valence-corrected chi connectivity index (χ0v) is 14.3. The molecule has 0 saturated carbocycles. The minimum Gasteiger partial charge on any atom is -0.392 e. The number of hydrogen-bond acceptors (Lipinski definition) is 3. The third-order valence-corrected chi connectivity index (χ3v) is 4.06. The van der Waals surface area contributed by atoms with Crippen LogP contribution >= 0.6 is 0 Å². The molecule has 2 N–H and O–H groups in total. The van der Waals surface area contributed by atoms with Gasteiger partial charge in [0.15, 0.2) is 0 Å². The van der Waals surface area contributed by atoms with Crippen molar-refractivity contribution < 1.29 is 14.3 Å². The molecule has 0 aliphatic carbocycles. The largest absolute Gasteiger partial charge is 0.392 e. The minimum absolute atomic E-state index is 0.0951. The van der Waals surface area contributed by atoms with Gasteiger partial charge in [-0.25, -0.2) is 4.39 Å². The van der Waals surface area contributed by atoms with E-state index in [2.05, 4.69) is 5.32 Å². The highest BCUT2D eigenvalue weighted by atomic mass is 19.1. The second-order valence-corrected chi connectivity index (χ2v) is 6.21. The van der Waals surface area contributed by atoms with Crippen LogP contribution in [-0.2, 0) is 17.8 Å². The predicted octanol–water partition coefficient (Wildman–Crippen LogP) is 2.70. The molecule has 0 spiro atoms. The highest BCUT2D eigenvalue weighted by Gasteiger charge is 2.12. The lowest BCUT2D eigenvalue weighted by atomic mass is 10.1. The molecule has 134 valence electrons. The number of nitrogens with one attached hydrogen (secondary N) is 1. The minimum atomic E-state index is -0.645. The maximum atomic E-state index is 13.7. The van der Waals surface area contributed by atoms with Crippen molar-refractivity contribution in [2.45, 2.75) is 26.0 Å². The summed E-state index contributed by atoms with van der Waals surface area (Å²) in [5.41, 5.74) is 0.559. The molecule has 0 saturated heterocycles. The topological polar surface area (TPSA) is 71.3 Å². The summed E-state index contributed by atoms with van der Waals surface area (Å²) in [5, 5.41) is 13.3. The number of nitrogens with zero attached hydrogens (tertiary/aromatic N) is 1. The summed E-state index contributed by atoms with van der Waals surface area (Å²) >= 11 is 0. The van der Waals surface area contributed by atoms with Crippen LogP contribution in [0.5, 0.6) is 0 Å². The van der Waals surface area contributed by atoms with Gasteiger partial charge in [-0.3, -0.25) is 9.59 Å². The third kappa shape index (κ3) is 3.81. The van der Waals surface area contributed by atoms with E-state index in [0.717, 1.165) is 0 Å². The number of benzene rings is 2. The molecule has 26 heavy (non-hydrogen) atoms. The van der Waals surface area contributed by atoms with Crippen LogP contribution < -0.4 is 10.9 Å². The first-order valence-corrected chi connectivity index (χ1v) is 8.29. The summed E-state index contributed by atoms with van der Waals surface area (Å²) < 4.78 is 15.1. The number of rotatable bonds is 5. The number of halogens is 1. The Kier molecular flexibility index (Phi) is 5.14. The normalized spacial score (nSPS) is 12.1. The summed E-state index contributed by atoms with van der Waals surface area (Å²) in [6.07, 6.45) is 0.847. The Morgan fingerprint density at radius 3 is 2.65 bits per heavy atom. The molecule has 6 heteroatoms. The standard InChI is InChI=1S/C20H19FN2O3/c1-13(24)12-23-10-9-15-16(20(23)26)6-4-8-18(15)22-19(25)11-14-5-2-3-7-17(14)21/h2-10,13,24H,11-12H2,1H3,(H,22,25). The van der Waals surface area contributed by atoms with Gasteiger partial charge in [-0.05, 0) is 36.8 Å². The molecule has 5 nitrogen and oxygen atoms in total. The second kappa shape index (κ2) is 7.49. The average molecular weight is 354 g/mol. The zero-order valence-electron chi connectivity index (χ0n) is 14.3. The van der Waals surface area contributed by atoms with E-state index in [1.165, 1.54) is 10.6 Å². The maximum absolute atomic E-state index is 13.7. The van der Waals surface area contributed by atoms with Gasteiger partial charge < -0.3 is 15.0 Å². The van der Waals surface area contributed by atoms with Gasteiger partial charge in [-0.1, -0.05) is 24.3 Å². The van der Waals surface area contributed by atoms with Gasteiger partial charge in [0.1, 0.15) is 5.82 Å². The van der Waals surface area contributed by atoms with Crippen LogP contribution in [0, 0.1) is 5.82 Å². The fourth-order valence-corrected chi connectivity index (χ4v) is 2.86.